The Morgan fingerprint density at radius 2 is 2.24 bits per heavy atom. The van der Waals surface area contributed by atoms with Crippen LogP contribution in [-0.4, -0.2) is 18.3 Å². The van der Waals surface area contributed by atoms with Gasteiger partial charge in [0.25, 0.3) is 0 Å². The minimum atomic E-state index is -0.349. The van der Waals surface area contributed by atoms with Crippen molar-refractivity contribution >= 4 is 11.8 Å². The molecule has 0 fully saturated rings. The van der Waals surface area contributed by atoms with E-state index in [1.165, 1.54) is 13.2 Å². The summed E-state index contributed by atoms with van der Waals surface area (Å²) in [6, 6.07) is 4.76. The van der Waals surface area contributed by atoms with E-state index < -0.39 is 0 Å². The molecular formula is C21H21FN2O. The Morgan fingerprint density at radius 3 is 3.00 bits per heavy atom. The normalized spacial score (nSPS) is 19.3. The number of rotatable bonds is 4. The second-order valence-corrected chi connectivity index (χ2v) is 6.12. The Labute approximate surface area is 147 Å². The van der Waals surface area contributed by atoms with E-state index in [0.29, 0.717) is 22.8 Å². The number of hydrazone groups is 1. The zero-order chi connectivity index (χ0) is 17.8. The number of hydrogen-bond acceptors (Lipinski definition) is 3. The first-order chi connectivity index (χ1) is 12.1. The summed E-state index contributed by atoms with van der Waals surface area (Å²) < 4.78 is 19.1. The van der Waals surface area contributed by atoms with Gasteiger partial charge in [0.15, 0.2) is 0 Å². The molecule has 0 amide bonds. The van der Waals surface area contributed by atoms with Crippen molar-refractivity contribution in [3.8, 4) is 5.75 Å². The van der Waals surface area contributed by atoms with Crippen LogP contribution < -0.4 is 4.74 Å². The summed E-state index contributed by atoms with van der Waals surface area (Å²) in [6.07, 6.45) is 14.8. The van der Waals surface area contributed by atoms with Crippen LogP contribution in [0.15, 0.2) is 77.7 Å². The Balaban J connectivity index is 1.76. The number of halogens is 1. The molecule has 1 unspecified atom stereocenters. The van der Waals surface area contributed by atoms with E-state index in [0.717, 1.165) is 17.7 Å². The molecule has 3 rings (SSSR count). The molecule has 0 radical (unpaired) electrons. The minimum absolute atomic E-state index is 0.349. The van der Waals surface area contributed by atoms with Crippen LogP contribution in [-0.2, 0) is 0 Å². The van der Waals surface area contributed by atoms with Crippen LogP contribution in [0.2, 0.25) is 0 Å². The lowest BCUT2D eigenvalue weighted by Gasteiger charge is -2.19. The van der Waals surface area contributed by atoms with E-state index in [4.69, 9.17) is 4.74 Å². The molecule has 1 aromatic rings. The summed E-state index contributed by atoms with van der Waals surface area (Å²) in [5.74, 6) is 0.568. The Hall–Kier alpha value is -2.88. The Kier molecular flexibility index (Phi) is 4.98. The molecule has 1 atom stereocenters. The maximum absolute atomic E-state index is 14.1. The van der Waals surface area contributed by atoms with Crippen molar-refractivity contribution in [1.82, 2.24) is 5.01 Å². The molecule has 4 heteroatoms. The minimum Gasteiger partial charge on any atom is -0.497 e. The highest BCUT2D eigenvalue weighted by molar-refractivity contribution is 5.73. The second kappa shape index (κ2) is 7.34. The van der Waals surface area contributed by atoms with Gasteiger partial charge in [-0.3, -0.25) is 0 Å². The first kappa shape index (κ1) is 17.0. The predicted octanol–water partition coefficient (Wildman–Crippen LogP) is 5.07. The molecule has 0 saturated heterocycles. The Bertz CT molecular complexity index is 830. The van der Waals surface area contributed by atoms with Gasteiger partial charge >= 0.3 is 0 Å². The highest BCUT2D eigenvalue weighted by atomic mass is 19.1. The number of allylic oxidation sites excluding steroid dienone is 7. The van der Waals surface area contributed by atoms with Gasteiger partial charge in [0.1, 0.15) is 11.6 Å². The van der Waals surface area contributed by atoms with Gasteiger partial charge in [0, 0.05) is 24.0 Å². The molecule has 0 aromatic heterocycles. The van der Waals surface area contributed by atoms with E-state index in [1.54, 1.807) is 18.2 Å². The predicted molar refractivity (Wildman–Crippen MR) is 101 cm³/mol. The smallest absolute Gasteiger partial charge is 0.134 e. The topological polar surface area (TPSA) is 24.8 Å². The molecule has 3 nitrogen and oxygen atoms in total. The number of nitrogens with zero attached hydrogens (tertiary/aromatic N) is 2. The molecule has 0 aliphatic carbocycles. The van der Waals surface area contributed by atoms with E-state index in [2.05, 4.69) is 24.7 Å². The van der Waals surface area contributed by atoms with Gasteiger partial charge in [-0.2, -0.15) is 5.10 Å². The number of fused-ring (bicyclic) bond motifs is 1. The fraction of sp³-hybridized carbons (Fsp3) is 0.190. The van der Waals surface area contributed by atoms with E-state index in [9.17, 15) is 4.39 Å². The fourth-order valence-corrected chi connectivity index (χ4v) is 2.60. The molecule has 0 N–H and O–H groups in total. The third kappa shape index (κ3) is 3.97. The molecule has 25 heavy (non-hydrogen) atoms. The standard InChI is InChI=1S/C21H21FN2O/c1-15-4-8-18-9-7-17(14-24(18)23-13-15)6-5-16(2)20-11-10-19(25-3)12-21(20)22/h5-15H,2,4H2,1,3H3/b6-5+. The van der Waals surface area contributed by atoms with Gasteiger partial charge < -0.3 is 4.74 Å². The van der Waals surface area contributed by atoms with Gasteiger partial charge in [0.2, 0.25) is 0 Å². The molecule has 128 valence electrons. The van der Waals surface area contributed by atoms with Gasteiger partial charge in [-0.15, -0.1) is 0 Å². The number of hydrogen-bond donors (Lipinski definition) is 0. The fourth-order valence-electron chi connectivity index (χ4n) is 2.60. The van der Waals surface area contributed by atoms with E-state index in [-0.39, 0.29) is 5.82 Å². The van der Waals surface area contributed by atoms with Crippen molar-refractivity contribution < 1.29 is 9.13 Å². The summed E-state index contributed by atoms with van der Waals surface area (Å²) in [4.78, 5) is 0. The number of benzene rings is 1. The summed E-state index contributed by atoms with van der Waals surface area (Å²) in [5, 5.41) is 6.34. The average molecular weight is 336 g/mol. The Morgan fingerprint density at radius 1 is 1.40 bits per heavy atom. The van der Waals surface area contributed by atoms with Crippen LogP contribution in [0, 0.1) is 11.7 Å². The molecule has 0 spiro atoms. The first-order valence-electron chi connectivity index (χ1n) is 8.21. The second-order valence-electron chi connectivity index (χ2n) is 6.12. The average Bonchev–Trinajstić information content (AvgIpc) is 2.81. The van der Waals surface area contributed by atoms with Crippen molar-refractivity contribution in [2.75, 3.05) is 7.11 Å². The maximum Gasteiger partial charge on any atom is 0.134 e. The van der Waals surface area contributed by atoms with Crippen LogP contribution >= 0.6 is 0 Å². The number of ether oxygens (including phenoxy) is 1. The van der Waals surface area contributed by atoms with Gasteiger partial charge in [0.05, 0.1) is 12.8 Å². The number of methoxy groups -OCH3 is 1. The van der Waals surface area contributed by atoms with Gasteiger partial charge in [-0.25, -0.2) is 9.40 Å². The molecular weight excluding hydrogens is 315 g/mol. The van der Waals surface area contributed by atoms with Crippen LogP contribution in [0.25, 0.3) is 5.57 Å². The van der Waals surface area contributed by atoms with Crippen molar-refractivity contribution in [2.24, 2.45) is 11.0 Å². The maximum atomic E-state index is 14.1. The van der Waals surface area contributed by atoms with Crippen LogP contribution in [0.3, 0.4) is 0 Å². The quantitative estimate of drug-likeness (QED) is 0.717. The van der Waals surface area contributed by atoms with Gasteiger partial charge in [-0.05, 0) is 41.7 Å². The summed E-state index contributed by atoms with van der Waals surface area (Å²) in [7, 11) is 1.51. The third-order valence-corrected chi connectivity index (χ3v) is 4.13. The third-order valence-electron chi connectivity index (χ3n) is 4.13. The SMILES string of the molecule is C=C(/C=C/C1=CN2N=CC(C)CC=C2C=C1)c1ccc(OC)cc1F. The lowest BCUT2D eigenvalue weighted by molar-refractivity contribution is 0.411. The highest BCUT2D eigenvalue weighted by Gasteiger charge is 2.12. The summed E-state index contributed by atoms with van der Waals surface area (Å²) in [6.45, 7) is 6.10. The largest absolute Gasteiger partial charge is 0.497 e. The van der Waals surface area contributed by atoms with E-state index in [1.807, 2.05) is 35.7 Å². The van der Waals surface area contributed by atoms with Crippen LogP contribution in [0.5, 0.6) is 5.75 Å². The molecule has 2 aliphatic heterocycles. The first-order valence-corrected chi connectivity index (χ1v) is 8.21. The lowest BCUT2D eigenvalue weighted by Crippen LogP contribution is -2.10. The molecule has 2 aliphatic rings. The van der Waals surface area contributed by atoms with Gasteiger partial charge in [-0.1, -0.05) is 37.8 Å². The van der Waals surface area contributed by atoms with E-state index >= 15 is 0 Å². The van der Waals surface area contributed by atoms with Crippen LogP contribution in [0.1, 0.15) is 18.9 Å². The molecule has 2 heterocycles. The summed E-state index contributed by atoms with van der Waals surface area (Å²) in [5.41, 5.74) is 3.10. The molecule has 0 bridgehead atoms. The monoisotopic (exact) mass is 336 g/mol. The lowest BCUT2D eigenvalue weighted by atomic mass is 10.0. The van der Waals surface area contributed by atoms with Crippen molar-refractivity contribution in [2.45, 2.75) is 13.3 Å². The van der Waals surface area contributed by atoms with Crippen molar-refractivity contribution in [3.05, 3.63) is 84.0 Å². The molecule has 0 saturated carbocycles. The highest BCUT2D eigenvalue weighted by Crippen LogP contribution is 2.25. The van der Waals surface area contributed by atoms with Crippen LogP contribution in [0.4, 0.5) is 4.39 Å². The zero-order valence-electron chi connectivity index (χ0n) is 14.4. The zero-order valence-corrected chi connectivity index (χ0v) is 14.4. The van der Waals surface area contributed by atoms with Crippen molar-refractivity contribution in [1.29, 1.82) is 0 Å². The summed E-state index contributed by atoms with van der Waals surface area (Å²) >= 11 is 0. The molecule has 1 aromatic carbocycles. The van der Waals surface area contributed by atoms with Crippen molar-refractivity contribution in [3.63, 3.8) is 0 Å².